The Kier molecular flexibility index (Phi) is 3.04. The molecule has 84 valence electrons. The van der Waals surface area contributed by atoms with Crippen LogP contribution in [0.3, 0.4) is 0 Å². The van der Waals surface area contributed by atoms with Crippen LogP contribution >= 0.6 is 0 Å². The normalized spacial score (nSPS) is 10.9. The van der Waals surface area contributed by atoms with Gasteiger partial charge in [-0.1, -0.05) is 13.3 Å². The van der Waals surface area contributed by atoms with Crippen LogP contribution in [0, 0.1) is 6.92 Å². The van der Waals surface area contributed by atoms with Crippen molar-refractivity contribution in [1.29, 1.82) is 0 Å². The SMILES string of the molecule is CCCCn1c(C)cc(=O)c2cccnc21. The van der Waals surface area contributed by atoms with Gasteiger partial charge in [-0.15, -0.1) is 0 Å². The molecule has 0 unspecified atom stereocenters. The fraction of sp³-hybridized carbons (Fsp3) is 0.385. The van der Waals surface area contributed by atoms with Gasteiger partial charge in [-0.2, -0.15) is 0 Å². The van der Waals surface area contributed by atoms with Crippen LogP contribution in [-0.2, 0) is 6.54 Å². The van der Waals surface area contributed by atoms with Crippen molar-refractivity contribution in [1.82, 2.24) is 9.55 Å². The van der Waals surface area contributed by atoms with Crippen molar-refractivity contribution in [2.24, 2.45) is 0 Å². The van der Waals surface area contributed by atoms with Crippen molar-refractivity contribution in [3.63, 3.8) is 0 Å². The fourth-order valence-electron chi connectivity index (χ4n) is 1.92. The van der Waals surface area contributed by atoms with Gasteiger partial charge in [0, 0.05) is 24.5 Å². The van der Waals surface area contributed by atoms with Gasteiger partial charge in [-0.05, 0) is 25.5 Å². The lowest BCUT2D eigenvalue weighted by molar-refractivity contribution is 0.628. The van der Waals surface area contributed by atoms with Crippen LogP contribution in [0.25, 0.3) is 11.0 Å². The standard InChI is InChI=1S/C13H16N2O/c1-3-4-8-15-10(2)9-12(16)11-6-5-7-14-13(11)15/h5-7,9H,3-4,8H2,1-2H3. The summed E-state index contributed by atoms with van der Waals surface area (Å²) in [6.07, 6.45) is 3.99. The van der Waals surface area contributed by atoms with E-state index in [0.29, 0.717) is 5.39 Å². The van der Waals surface area contributed by atoms with Crippen molar-refractivity contribution in [2.75, 3.05) is 0 Å². The molecule has 0 aliphatic carbocycles. The molecule has 0 spiro atoms. The second-order valence-electron chi connectivity index (χ2n) is 4.03. The van der Waals surface area contributed by atoms with Gasteiger partial charge in [-0.25, -0.2) is 4.98 Å². The highest BCUT2D eigenvalue weighted by Gasteiger charge is 2.06. The van der Waals surface area contributed by atoms with Gasteiger partial charge in [0.2, 0.25) is 0 Å². The van der Waals surface area contributed by atoms with Crippen LogP contribution in [0.15, 0.2) is 29.2 Å². The van der Waals surface area contributed by atoms with Gasteiger partial charge in [0.15, 0.2) is 5.43 Å². The van der Waals surface area contributed by atoms with Crippen LogP contribution in [0.5, 0.6) is 0 Å². The molecule has 0 amide bonds. The first-order valence-electron chi connectivity index (χ1n) is 5.69. The van der Waals surface area contributed by atoms with Gasteiger partial charge in [-0.3, -0.25) is 4.79 Å². The van der Waals surface area contributed by atoms with E-state index in [0.717, 1.165) is 30.7 Å². The monoisotopic (exact) mass is 216 g/mol. The fourth-order valence-corrected chi connectivity index (χ4v) is 1.92. The van der Waals surface area contributed by atoms with E-state index in [4.69, 9.17) is 0 Å². The summed E-state index contributed by atoms with van der Waals surface area (Å²) in [6, 6.07) is 5.34. The second kappa shape index (κ2) is 4.47. The molecule has 2 rings (SSSR count). The number of nitrogens with zero attached hydrogens (tertiary/aromatic N) is 2. The molecule has 3 nitrogen and oxygen atoms in total. The Morgan fingerprint density at radius 3 is 3.00 bits per heavy atom. The third kappa shape index (κ3) is 1.85. The summed E-state index contributed by atoms with van der Waals surface area (Å²) in [6.45, 7) is 5.05. The molecule has 2 aromatic heterocycles. The van der Waals surface area contributed by atoms with E-state index < -0.39 is 0 Å². The highest BCUT2D eigenvalue weighted by Crippen LogP contribution is 2.10. The number of aromatic nitrogens is 2. The predicted molar refractivity (Wildman–Crippen MR) is 65.6 cm³/mol. The molecule has 2 aromatic rings. The number of rotatable bonds is 3. The Hall–Kier alpha value is -1.64. The molecule has 0 radical (unpaired) electrons. The zero-order valence-corrected chi connectivity index (χ0v) is 9.73. The van der Waals surface area contributed by atoms with Crippen LogP contribution in [0.1, 0.15) is 25.5 Å². The van der Waals surface area contributed by atoms with E-state index in [1.807, 2.05) is 19.1 Å². The van der Waals surface area contributed by atoms with Crippen LogP contribution in [0.4, 0.5) is 0 Å². The summed E-state index contributed by atoms with van der Waals surface area (Å²) >= 11 is 0. The van der Waals surface area contributed by atoms with Crippen LogP contribution in [-0.4, -0.2) is 9.55 Å². The zero-order chi connectivity index (χ0) is 11.5. The van der Waals surface area contributed by atoms with Gasteiger partial charge in [0.25, 0.3) is 0 Å². The topological polar surface area (TPSA) is 34.9 Å². The third-order valence-corrected chi connectivity index (χ3v) is 2.81. The second-order valence-corrected chi connectivity index (χ2v) is 4.03. The Morgan fingerprint density at radius 1 is 1.44 bits per heavy atom. The first kappa shape index (κ1) is 10.9. The number of hydrogen-bond donors (Lipinski definition) is 0. The van der Waals surface area contributed by atoms with E-state index in [1.165, 1.54) is 0 Å². The van der Waals surface area contributed by atoms with Gasteiger partial charge in [0.1, 0.15) is 5.65 Å². The molecule has 2 heterocycles. The minimum Gasteiger partial charge on any atom is -0.330 e. The van der Waals surface area contributed by atoms with Crippen molar-refractivity contribution in [2.45, 2.75) is 33.2 Å². The van der Waals surface area contributed by atoms with Gasteiger partial charge in [0.05, 0.1) is 5.39 Å². The average Bonchev–Trinajstić information content (AvgIpc) is 2.29. The summed E-state index contributed by atoms with van der Waals surface area (Å²) in [5.41, 5.74) is 1.86. The number of hydrogen-bond acceptors (Lipinski definition) is 2. The summed E-state index contributed by atoms with van der Waals surface area (Å²) in [5, 5.41) is 0.712. The molecule has 0 bridgehead atoms. The average molecular weight is 216 g/mol. The molecule has 16 heavy (non-hydrogen) atoms. The molecule has 0 aliphatic rings. The lowest BCUT2D eigenvalue weighted by atomic mass is 10.2. The van der Waals surface area contributed by atoms with E-state index in [9.17, 15) is 4.79 Å². The Bertz CT molecular complexity index is 557. The largest absolute Gasteiger partial charge is 0.330 e. The maximum absolute atomic E-state index is 11.8. The summed E-state index contributed by atoms with van der Waals surface area (Å²) < 4.78 is 2.13. The molecular weight excluding hydrogens is 200 g/mol. The van der Waals surface area contributed by atoms with Crippen LogP contribution < -0.4 is 5.43 Å². The minimum atomic E-state index is 0.0633. The Labute approximate surface area is 94.7 Å². The highest BCUT2D eigenvalue weighted by atomic mass is 16.1. The van der Waals surface area contributed by atoms with Gasteiger partial charge < -0.3 is 4.57 Å². The smallest absolute Gasteiger partial charge is 0.191 e. The molecule has 0 aliphatic heterocycles. The highest BCUT2D eigenvalue weighted by molar-refractivity contribution is 5.74. The number of fused-ring (bicyclic) bond motifs is 1. The lowest BCUT2D eigenvalue weighted by Crippen LogP contribution is -2.13. The van der Waals surface area contributed by atoms with E-state index in [-0.39, 0.29) is 5.43 Å². The number of aryl methyl sites for hydroxylation is 2. The van der Waals surface area contributed by atoms with E-state index in [2.05, 4.69) is 16.5 Å². The summed E-state index contributed by atoms with van der Waals surface area (Å²) in [5.74, 6) is 0. The first-order valence-corrected chi connectivity index (χ1v) is 5.69. The summed E-state index contributed by atoms with van der Waals surface area (Å²) in [7, 11) is 0. The first-order chi connectivity index (χ1) is 7.74. The quantitative estimate of drug-likeness (QED) is 0.790. The maximum atomic E-state index is 11.8. The molecule has 0 fully saturated rings. The van der Waals surface area contributed by atoms with E-state index in [1.54, 1.807) is 12.3 Å². The van der Waals surface area contributed by atoms with Crippen molar-refractivity contribution < 1.29 is 0 Å². The molecule has 0 saturated carbocycles. The number of unbranched alkanes of at least 4 members (excludes halogenated alkanes) is 1. The molecule has 0 atom stereocenters. The lowest BCUT2D eigenvalue weighted by Gasteiger charge is -2.12. The molecular formula is C13H16N2O. The number of pyridine rings is 2. The Balaban J connectivity index is 2.66. The maximum Gasteiger partial charge on any atom is 0.191 e. The van der Waals surface area contributed by atoms with Crippen molar-refractivity contribution >= 4 is 11.0 Å². The minimum absolute atomic E-state index is 0.0633. The predicted octanol–water partition coefficient (Wildman–Crippen LogP) is 2.51. The van der Waals surface area contributed by atoms with E-state index >= 15 is 0 Å². The van der Waals surface area contributed by atoms with Gasteiger partial charge >= 0.3 is 0 Å². The zero-order valence-electron chi connectivity index (χ0n) is 9.73. The molecule has 0 saturated heterocycles. The summed E-state index contributed by atoms with van der Waals surface area (Å²) in [4.78, 5) is 16.1. The third-order valence-electron chi connectivity index (χ3n) is 2.81. The van der Waals surface area contributed by atoms with Crippen molar-refractivity contribution in [3.8, 4) is 0 Å². The molecule has 0 aromatic carbocycles. The molecule has 0 N–H and O–H groups in total. The Morgan fingerprint density at radius 2 is 2.25 bits per heavy atom. The van der Waals surface area contributed by atoms with Crippen molar-refractivity contribution in [3.05, 3.63) is 40.3 Å². The molecule has 3 heteroatoms. The van der Waals surface area contributed by atoms with Crippen LogP contribution in [0.2, 0.25) is 0 Å².